The van der Waals surface area contributed by atoms with Crippen LogP contribution in [0.4, 0.5) is 0 Å². The maximum Gasteiger partial charge on any atom is 0.122 e. The van der Waals surface area contributed by atoms with Crippen LogP contribution in [0.15, 0.2) is 72.6 Å². The minimum Gasteiger partial charge on any atom is -0.491 e. The summed E-state index contributed by atoms with van der Waals surface area (Å²) in [5.74, 6) is 1.99. The van der Waals surface area contributed by atoms with Crippen molar-refractivity contribution in [3.63, 3.8) is 0 Å². The summed E-state index contributed by atoms with van der Waals surface area (Å²) in [4.78, 5) is 0. The Morgan fingerprint density at radius 3 is 2.15 bits per heavy atom. The highest BCUT2D eigenvalue weighted by Crippen LogP contribution is 2.23. The smallest absolute Gasteiger partial charge is 0.122 e. The van der Waals surface area contributed by atoms with Gasteiger partial charge in [-0.2, -0.15) is 0 Å². The van der Waals surface area contributed by atoms with E-state index in [-0.39, 0.29) is 0 Å². The number of rotatable bonds is 15. The maximum absolute atomic E-state index is 5.78. The van der Waals surface area contributed by atoms with Crippen LogP contribution in [0.3, 0.4) is 0 Å². The summed E-state index contributed by atoms with van der Waals surface area (Å²) in [5.41, 5.74) is 3.73. The van der Waals surface area contributed by atoms with Crippen molar-refractivity contribution in [2.24, 2.45) is 11.8 Å². The lowest BCUT2D eigenvalue weighted by atomic mass is 9.91. The topological polar surface area (TPSA) is 18.5 Å². The maximum atomic E-state index is 5.78. The third kappa shape index (κ3) is 10.8. The molecule has 0 aliphatic rings. The van der Waals surface area contributed by atoms with Crippen LogP contribution in [-0.4, -0.2) is 20.3 Å². The summed E-state index contributed by atoms with van der Waals surface area (Å²) in [6.07, 6.45) is 10.4. The average molecular weight is 373 g/mol. The molecule has 2 heteroatoms. The van der Waals surface area contributed by atoms with Crippen molar-refractivity contribution in [2.45, 2.75) is 53.4 Å². The Kier molecular flexibility index (Phi) is 13.3. The third-order valence-corrected chi connectivity index (χ3v) is 4.96. The van der Waals surface area contributed by atoms with Gasteiger partial charge >= 0.3 is 0 Å². The van der Waals surface area contributed by atoms with Gasteiger partial charge in [-0.05, 0) is 47.5 Å². The zero-order chi connectivity index (χ0) is 20.8. The standard InChI is InChI=1S/C25H40O2/c1-10-19(3)12-13-21(5)22(6)14-15-23(7)24(8)18-25(20(4)11-2)27-17-16-26-9/h14-15,18-19,21H,4,6-8,10-13,16-17H2,1-3,5,9H3/b15-14-,25-18+. The van der Waals surface area contributed by atoms with E-state index in [0.29, 0.717) is 19.1 Å². The number of methoxy groups -OCH3 is 1. The highest BCUT2D eigenvalue weighted by atomic mass is 16.5. The summed E-state index contributed by atoms with van der Waals surface area (Å²) >= 11 is 0. The first-order chi connectivity index (χ1) is 12.8. The van der Waals surface area contributed by atoms with E-state index in [1.54, 1.807) is 7.11 Å². The fourth-order valence-electron chi connectivity index (χ4n) is 2.31. The normalized spacial score (nSPS) is 14.0. The van der Waals surface area contributed by atoms with Crippen LogP contribution < -0.4 is 0 Å². The van der Waals surface area contributed by atoms with E-state index in [0.717, 1.165) is 40.4 Å². The van der Waals surface area contributed by atoms with Gasteiger partial charge in [0.15, 0.2) is 0 Å². The minimum atomic E-state index is 0.472. The molecule has 0 saturated heterocycles. The minimum absolute atomic E-state index is 0.472. The van der Waals surface area contributed by atoms with Gasteiger partial charge in [-0.3, -0.25) is 0 Å². The summed E-state index contributed by atoms with van der Waals surface area (Å²) in [7, 11) is 1.66. The largest absolute Gasteiger partial charge is 0.491 e. The molecule has 0 N–H and O–H groups in total. The summed E-state index contributed by atoms with van der Waals surface area (Å²) in [6, 6.07) is 0. The number of ether oxygens (including phenoxy) is 2. The number of hydrogen-bond donors (Lipinski definition) is 0. The molecule has 0 aromatic carbocycles. The van der Waals surface area contributed by atoms with Crippen LogP contribution in [0.1, 0.15) is 53.4 Å². The molecule has 27 heavy (non-hydrogen) atoms. The summed E-state index contributed by atoms with van der Waals surface area (Å²) in [5, 5.41) is 0. The number of hydrogen-bond acceptors (Lipinski definition) is 2. The first-order valence-corrected chi connectivity index (χ1v) is 10.0. The Balaban J connectivity index is 4.84. The summed E-state index contributed by atoms with van der Waals surface area (Å²) < 4.78 is 10.8. The second kappa shape index (κ2) is 14.3. The molecule has 0 aromatic heterocycles. The van der Waals surface area contributed by atoms with Gasteiger partial charge in [0.25, 0.3) is 0 Å². The fraction of sp³-hybridized carbons (Fsp3) is 0.520. The molecule has 0 rings (SSSR count). The lowest BCUT2D eigenvalue weighted by Gasteiger charge is -2.15. The highest BCUT2D eigenvalue weighted by molar-refractivity contribution is 5.47. The van der Waals surface area contributed by atoms with Crippen LogP contribution >= 0.6 is 0 Å². The van der Waals surface area contributed by atoms with Gasteiger partial charge in [0.2, 0.25) is 0 Å². The monoisotopic (exact) mass is 372 g/mol. The van der Waals surface area contributed by atoms with Gasteiger partial charge in [0.05, 0.1) is 6.61 Å². The Bertz CT molecular complexity index is 563. The van der Waals surface area contributed by atoms with Gasteiger partial charge < -0.3 is 9.47 Å². The molecular weight excluding hydrogens is 332 g/mol. The quantitative estimate of drug-likeness (QED) is 0.172. The van der Waals surface area contributed by atoms with E-state index in [4.69, 9.17) is 9.47 Å². The second-order valence-electron chi connectivity index (χ2n) is 7.26. The first-order valence-electron chi connectivity index (χ1n) is 10.0. The average Bonchev–Trinajstić information content (AvgIpc) is 2.67. The van der Waals surface area contributed by atoms with E-state index < -0.39 is 0 Å². The van der Waals surface area contributed by atoms with Crippen molar-refractivity contribution >= 4 is 0 Å². The van der Waals surface area contributed by atoms with E-state index in [1.807, 2.05) is 12.2 Å². The van der Waals surface area contributed by atoms with E-state index >= 15 is 0 Å². The van der Waals surface area contributed by atoms with Gasteiger partial charge in [0.1, 0.15) is 12.4 Å². The summed E-state index contributed by atoms with van der Waals surface area (Å²) in [6.45, 7) is 26.4. The number of allylic oxidation sites excluding steroid dienone is 7. The molecule has 0 saturated carbocycles. The van der Waals surface area contributed by atoms with E-state index in [1.165, 1.54) is 19.3 Å². The lowest BCUT2D eigenvalue weighted by molar-refractivity contribution is 0.112. The predicted octanol–water partition coefficient (Wildman–Crippen LogP) is 7.19. The molecule has 2 atom stereocenters. The Morgan fingerprint density at radius 2 is 1.59 bits per heavy atom. The molecule has 152 valence electrons. The zero-order valence-electron chi connectivity index (χ0n) is 18.3. The van der Waals surface area contributed by atoms with Gasteiger partial charge in [-0.25, -0.2) is 0 Å². The zero-order valence-corrected chi connectivity index (χ0v) is 18.3. The highest BCUT2D eigenvalue weighted by Gasteiger charge is 2.08. The second-order valence-corrected chi connectivity index (χ2v) is 7.26. The molecule has 2 nitrogen and oxygen atoms in total. The van der Waals surface area contributed by atoms with Crippen LogP contribution in [0.5, 0.6) is 0 Å². The van der Waals surface area contributed by atoms with Crippen LogP contribution in [0.25, 0.3) is 0 Å². The molecule has 0 aromatic rings. The molecule has 0 spiro atoms. The van der Waals surface area contributed by atoms with E-state index in [9.17, 15) is 0 Å². The molecule has 0 radical (unpaired) electrons. The molecule has 0 bridgehead atoms. The molecule has 2 unspecified atom stereocenters. The van der Waals surface area contributed by atoms with Crippen LogP contribution in [0.2, 0.25) is 0 Å². The van der Waals surface area contributed by atoms with Crippen molar-refractivity contribution in [3.05, 3.63) is 72.6 Å². The molecule has 0 fully saturated rings. The molecule has 0 aliphatic heterocycles. The van der Waals surface area contributed by atoms with E-state index in [2.05, 4.69) is 60.1 Å². The Labute approximate surface area is 168 Å². The predicted molar refractivity (Wildman–Crippen MR) is 120 cm³/mol. The lowest BCUT2D eigenvalue weighted by Crippen LogP contribution is -2.03. The van der Waals surface area contributed by atoms with Gasteiger partial charge in [-0.1, -0.05) is 84.6 Å². The van der Waals surface area contributed by atoms with Crippen molar-refractivity contribution in [1.82, 2.24) is 0 Å². The fourth-order valence-corrected chi connectivity index (χ4v) is 2.31. The third-order valence-electron chi connectivity index (χ3n) is 4.96. The Hall–Kier alpha value is -1.80. The van der Waals surface area contributed by atoms with Crippen molar-refractivity contribution in [3.8, 4) is 0 Å². The SMILES string of the molecule is C=C(/C=C\C(=C)C(C)CCC(C)CC)C(=C)/C=C(/OCCOC)C(=C)CC. The van der Waals surface area contributed by atoms with Crippen molar-refractivity contribution in [2.75, 3.05) is 20.3 Å². The van der Waals surface area contributed by atoms with Crippen LogP contribution in [-0.2, 0) is 9.47 Å². The molecule has 0 amide bonds. The Morgan fingerprint density at radius 1 is 0.926 bits per heavy atom. The van der Waals surface area contributed by atoms with Crippen molar-refractivity contribution < 1.29 is 9.47 Å². The van der Waals surface area contributed by atoms with Crippen LogP contribution in [0, 0.1) is 11.8 Å². The van der Waals surface area contributed by atoms with Crippen molar-refractivity contribution in [1.29, 1.82) is 0 Å². The first kappa shape index (κ1) is 25.2. The van der Waals surface area contributed by atoms with Gasteiger partial charge in [-0.15, -0.1) is 0 Å². The molecular formula is C25H40O2. The molecule has 0 heterocycles. The molecule has 0 aliphatic carbocycles. The van der Waals surface area contributed by atoms with Gasteiger partial charge in [0, 0.05) is 7.11 Å².